The number of ether oxygens (including phenoxy) is 3. The maximum absolute atomic E-state index is 14.1. The van der Waals surface area contributed by atoms with E-state index in [9.17, 15) is 4.79 Å². The summed E-state index contributed by atoms with van der Waals surface area (Å²) in [5.41, 5.74) is 7.21. The fourth-order valence-electron chi connectivity index (χ4n) is 4.73. The number of aliphatic imine (C=N–C) groups is 1. The van der Waals surface area contributed by atoms with Gasteiger partial charge in [0, 0.05) is 31.6 Å². The van der Waals surface area contributed by atoms with Gasteiger partial charge in [0.15, 0.2) is 11.6 Å². The third-order valence-electron chi connectivity index (χ3n) is 6.85. The molecule has 0 aliphatic carbocycles. The average Bonchev–Trinajstić information content (AvgIpc) is 3.38. The second-order valence-electron chi connectivity index (χ2n) is 10.3. The lowest BCUT2D eigenvalue weighted by molar-refractivity contribution is -0.130. The zero-order chi connectivity index (χ0) is 29.1. The molecule has 2 atom stereocenters. The minimum atomic E-state index is -1.30. The molecule has 9 nitrogen and oxygen atoms in total. The Balaban J connectivity index is 1.70. The molecule has 0 fully saturated rings. The van der Waals surface area contributed by atoms with Crippen molar-refractivity contribution in [3.8, 4) is 11.5 Å². The first-order valence-electron chi connectivity index (χ1n) is 13.9. The van der Waals surface area contributed by atoms with Gasteiger partial charge in [-0.25, -0.2) is 10.4 Å². The lowest BCUT2D eigenvalue weighted by atomic mass is 9.82. The van der Waals surface area contributed by atoms with Gasteiger partial charge in [0.2, 0.25) is 5.90 Å². The Morgan fingerprint density at radius 2 is 1.80 bits per heavy atom. The molecule has 1 heterocycles. The van der Waals surface area contributed by atoms with Gasteiger partial charge in [0.25, 0.3) is 5.91 Å². The summed E-state index contributed by atoms with van der Waals surface area (Å²) in [5, 5.41) is 9.03. The van der Waals surface area contributed by atoms with Gasteiger partial charge in [0.1, 0.15) is 11.5 Å². The third kappa shape index (κ3) is 7.85. The quantitative estimate of drug-likeness (QED) is 0.193. The van der Waals surface area contributed by atoms with Crippen LogP contribution in [0.5, 0.6) is 11.5 Å². The van der Waals surface area contributed by atoms with Gasteiger partial charge in [-0.2, -0.15) is 0 Å². The number of amides is 1. The van der Waals surface area contributed by atoms with Crippen LogP contribution < -0.4 is 20.3 Å². The first kappa shape index (κ1) is 30.0. The normalized spacial score (nSPS) is 18.1. The van der Waals surface area contributed by atoms with Gasteiger partial charge < -0.3 is 24.2 Å². The second-order valence-corrected chi connectivity index (χ2v) is 10.3. The standard InChI is InChI=1S/C32H40N4O5/c1-36(2)19-8-18-33-35-31(38)32(23-24-10-5-4-6-11-24)29(26-12-7-13-28(22-26)39-3)41-30(34-32)25-14-16-27(17-15-25)40-21-9-20-37/h4-7,10-17,22,29,33,37H,8-9,18-21,23H2,1-3H3,(H,35,38)/t29-,32-/m0/s1. The Morgan fingerprint density at radius 3 is 2.51 bits per heavy atom. The highest BCUT2D eigenvalue weighted by atomic mass is 16.5. The molecule has 4 rings (SSSR count). The van der Waals surface area contributed by atoms with E-state index in [1.54, 1.807) is 7.11 Å². The number of hydrazine groups is 1. The van der Waals surface area contributed by atoms with Crippen molar-refractivity contribution < 1.29 is 24.1 Å². The number of hydrogen-bond acceptors (Lipinski definition) is 8. The number of methoxy groups -OCH3 is 1. The van der Waals surface area contributed by atoms with Crippen molar-refractivity contribution in [2.75, 3.05) is 47.5 Å². The minimum absolute atomic E-state index is 0.0739. The number of nitrogens with zero attached hydrogens (tertiary/aromatic N) is 2. The first-order chi connectivity index (χ1) is 19.9. The molecule has 0 aromatic heterocycles. The molecular weight excluding hydrogens is 520 g/mol. The monoisotopic (exact) mass is 560 g/mol. The fourth-order valence-corrected chi connectivity index (χ4v) is 4.73. The predicted octanol–water partition coefficient (Wildman–Crippen LogP) is 3.53. The Kier molecular flexibility index (Phi) is 10.7. The molecule has 0 radical (unpaired) electrons. The zero-order valence-corrected chi connectivity index (χ0v) is 24.0. The molecule has 1 amide bonds. The average molecular weight is 561 g/mol. The molecule has 0 saturated heterocycles. The lowest BCUT2D eigenvalue weighted by Crippen LogP contribution is -2.54. The number of benzene rings is 3. The van der Waals surface area contributed by atoms with Crippen molar-refractivity contribution in [1.82, 2.24) is 15.8 Å². The summed E-state index contributed by atoms with van der Waals surface area (Å²) in [5.74, 6) is 1.44. The van der Waals surface area contributed by atoms with Crippen LogP contribution in [0.15, 0.2) is 83.9 Å². The molecule has 218 valence electrons. The molecule has 1 aliphatic heterocycles. The molecule has 0 spiro atoms. The maximum atomic E-state index is 14.1. The lowest BCUT2D eigenvalue weighted by Gasteiger charge is -2.31. The van der Waals surface area contributed by atoms with Crippen LogP contribution in [0.25, 0.3) is 0 Å². The van der Waals surface area contributed by atoms with Crippen LogP contribution in [0, 0.1) is 0 Å². The molecule has 9 heteroatoms. The van der Waals surface area contributed by atoms with Crippen LogP contribution in [0.1, 0.15) is 35.6 Å². The van der Waals surface area contributed by atoms with Gasteiger partial charge in [-0.05, 0) is 74.6 Å². The molecule has 0 bridgehead atoms. The summed E-state index contributed by atoms with van der Waals surface area (Å²) in [6.07, 6.45) is 1.04. The highest BCUT2D eigenvalue weighted by Gasteiger charge is 2.53. The molecule has 3 aromatic carbocycles. The van der Waals surface area contributed by atoms with E-state index in [0.29, 0.717) is 43.4 Å². The summed E-state index contributed by atoms with van der Waals surface area (Å²) < 4.78 is 17.8. The van der Waals surface area contributed by atoms with E-state index in [-0.39, 0.29) is 12.5 Å². The molecule has 1 aliphatic rings. The minimum Gasteiger partial charge on any atom is -0.497 e. The van der Waals surface area contributed by atoms with E-state index in [4.69, 9.17) is 24.3 Å². The largest absolute Gasteiger partial charge is 0.497 e. The zero-order valence-electron chi connectivity index (χ0n) is 24.0. The van der Waals surface area contributed by atoms with Gasteiger partial charge in [-0.3, -0.25) is 10.2 Å². The third-order valence-corrected chi connectivity index (χ3v) is 6.85. The number of nitrogens with one attached hydrogen (secondary N) is 2. The van der Waals surface area contributed by atoms with Crippen molar-refractivity contribution in [2.24, 2.45) is 4.99 Å². The van der Waals surface area contributed by atoms with Crippen molar-refractivity contribution in [1.29, 1.82) is 0 Å². The number of hydrogen-bond donors (Lipinski definition) is 3. The first-order valence-corrected chi connectivity index (χ1v) is 13.9. The van der Waals surface area contributed by atoms with Crippen LogP contribution >= 0.6 is 0 Å². The van der Waals surface area contributed by atoms with E-state index >= 15 is 0 Å². The molecular formula is C32H40N4O5. The number of aliphatic hydroxyl groups is 1. The van der Waals surface area contributed by atoms with E-state index in [2.05, 4.69) is 15.8 Å². The number of carbonyl (C=O) groups excluding carboxylic acids is 1. The second kappa shape index (κ2) is 14.6. The summed E-state index contributed by atoms with van der Waals surface area (Å²) in [6, 6.07) is 24.8. The Bertz CT molecular complexity index is 1280. The van der Waals surface area contributed by atoms with Crippen LogP contribution in [0.3, 0.4) is 0 Å². The molecule has 0 unspecified atom stereocenters. The summed E-state index contributed by atoms with van der Waals surface area (Å²) in [7, 11) is 5.65. The van der Waals surface area contributed by atoms with Gasteiger partial charge >= 0.3 is 0 Å². The Hall–Kier alpha value is -3.92. The van der Waals surface area contributed by atoms with Gasteiger partial charge in [0.05, 0.1) is 13.7 Å². The Labute approximate surface area is 242 Å². The van der Waals surface area contributed by atoms with Crippen LogP contribution in [-0.4, -0.2) is 74.9 Å². The van der Waals surface area contributed by atoms with E-state index in [0.717, 1.165) is 29.7 Å². The SMILES string of the molecule is COc1cccc([C@@H]2OC(c3ccc(OCCCO)cc3)=N[C@]2(Cc2ccccc2)C(=O)NNCCCN(C)C)c1. The molecule has 0 saturated carbocycles. The summed E-state index contributed by atoms with van der Waals surface area (Å²) >= 11 is 0. The van der Waals surface area contributed by atoms with Gasteiger partial charge in [-0.15, -0.1) is 0 Å². The summed E-state index contributed by atoms with van der Waals surface area (Å²) in [6.45, 7) is 2.01. The molecule has 3 aromatic rings. The number of aliphatic hydroxyl groups excluding tert-OH is 1. The molecule has 41 heavy (non-hydrogen) atoms. The summed E-state index contributed by atoms with van der Waals surface area (Å²) in [4.78, 5) is 21.3. The topological polar surface area (TPSA) is 105 Å². The van der Waals surface area contributed by atoms with Crippen molar-refractivity contribution in [3.05, 3.63) is 95.6 Å². The van der Waals surface area contributed by atoms with E-state index in [1.165, 1.54) is 0 Å². The van der Waals surface area contributed by atoms with Crippen molar-refractivity contribution >= 4 is 11.8 Å². The maximum Gasteiger partial charge on any atom is 0.266 e. The van der Waals surface area contributed by atoms with Crippen molar-refractivity contribution in [3.63, 3.8) is 0 Å². The highest BCUT2D eigenvalue weighted by Crippen LogP contribution is 2.43. The van der Waals surface area contributed by atoms with E-state index < -0.39 is 11.6 Å². The number of rotatable bonds is 15. The van der Waals surface area contributed by atoms with Crippen LogP contribution in [0.2, 0.25) is 0 Å². The van der Waals surface area contributed by atoms with Crippen molar-refractivity contribution in [2.45, 2.75) is 30.9 Å². The van der Waals surface area contributed by atoms with E-state index in [1.807, 2.05) is 93.0 Å². The van der Waals surface area contributed by atoms with Gasteiger partial charge in [-0.1, -0.05) is 42.5 Å². The predicted molar refractivity (Wildman–Crippen MR) is 159 cm³/mol. The van der Waals surface area contributed by atoms with Crippen LogP contribution in [-0.2, 0) is 16.0 Å². The Morgan fingerprint density at radius 1 is 1.02 bits per heavy atom. The smallest absolute Gasteiger partial charge is 0.266 e. The van der Waals surface area contributed by atoms with Crippen LogP contribution in [0.4, 0.5) is 0 Å². The fraction of sp³-hybridized carbons (Fsp3) is 0.375. The highest BCUT2D eigenvalue weighted by molar-refractivity contribution is 6.01. The molecule has 3 N–H and O–H groups in total. The number of carbonyl (C=O) groups is 1.